The molecule has 2 N–H and O–H groups in total. The van der Waals surface area contributed by atoms with Crippen LogP contribution in [0, 0.1) is 0 Å². The Morgan fingerprint density at radius 2 is 1.80 bits per heavy atom. The number of hydrogen-bond acceptors (Lipinski definition) is 2. The van der Waals surface area contributed by atoms with Crippen molar-refractivity contribution in [3.8, 4) is 0 Å². The summed E-state index contributed by atoms with van der Waals surface area (Å²) >= 11 is 5.37. The zero-order chi connectivity index (χ0) is 14.1. The Balaban J connectivity index is 2.01. The maximum atomic E-state index is 6.52. The molecule has 20 heavy (non-hydrogen) atoms. The zero-order valence-electron chi connectivity index (χ0n) is 11.2. The quantitative estimate of drug-likeness (QED) is 0.669. The van der Waals surface area contributed by atoms with Crippen LogP contribution >= 0.6 is 27.3 Å². The van der Waals surface area contributed by atoms with Gasteiger partial charge in [-0.15, -0.1) is 11.3 Å². The second kappa shape index (κ2) is 5.68. The lowest BCUT2D eigenvalue weighted by molar-refractivity contribution is 0.603. The molecule has 0 saturated carbocycles. The summed E-state index contributed by atoms with van der Waals surface area (Å²) in [6.45, 7) is 2.20. The third-order valence-electron chi connectivity index (χ3n) is 3.80. The first-order valence-corrected chi connectivity index (χ1v) is 8.32. The van der Waals surface area contributed by atoms with Crippen LogP contribution in [-0.4, -0.2) is 0 Å². The summed E-state index contributed by atoms with van der Waals surface area (Å²) < 4.78 is 2.42. The molecule has 0 aliphatic rings. The van der Waals surface area contributed by atoms with Crippen molar-refractivity contribution in [2.75, 3.05) is 0 Å². The van der Waals surface area contributed by atoms with E-state index in [4.69, 9.17) is 5.73 Å². The Kier molecular flexibility index (Phi) is 3.92. The molecule has 0 radical (unpaired) electrons. The second-order valence-corrected chi connectivity index (χ2v) is 6.77. The molecule has 0 spiro atoms. The Labute approximate surface area is 131 Å². The van der Waals surface area contributed by atoms with Gasteiger partial charge in [-0.1, -0.05) is 49.4 Å². The van der Waals surface area contributed by atoms with E-state index in [1.807, 2.05) is 6.07 Å². The molecule has 0 bridgehead atoms. The number of nitrogens with two attached hydrogens (primary N) is 1. The Bertz CT molecular complexity index is 720. The smallest absolute Gasteiger partial charge is 0.0488 e. The molecule has 2 unspecified atom stereocenters. The lowest BCUT2D eigenvalue weighted by Gasteiger charge is -2.20. The Hall–Kier alpha value is -1.16. The monoisotopic (exact) mass is 345 g/mol. The van der Waals surface area contributed by atoms with Gasteiger partial charge in [0.05, 0.1) is 0 Å². The summed E-state index contributed by atoms with van der Waals surface area (Å²) in [5.41, 5.74) is 9.05. The third kappa shape index (κ3) is 2.41. The molecule has 3 heteroatoms. The van der Waals surface area contributed by atoms with Gasteiger partial charge in [-0.2, -0.15) is 0 Å². The van der Waals surface area contributed by atoms with Gasteiger partial charge in [0.25, 0.3) is 0 Å². The molecule has 0 amide bonds. The fourth-order valence-corrected chi connectivity index (χ4v) is 4.20. The Morgan fingerprint density at radius 1 is 1.05 bits per heavy atom. The van der Waals surface area contributed by atoms with Crippen molar-refractivity contribution in [3.05, 3.63) is 69.5 Å². The average Bonchev–Trinajstić information content (AvgIpc) is 2.92. The fraction of sp³-hybridized carbons (Fsp3) is 0.176. The largest absolute Gasteiger partial charge is 0.323 e. The van der Waals surface area contributed by atoms with Crippen LogP contribution in [0.5, 0.6) is 0 Å². The van der Waals surface area contributed by atoms with Crippen molar-refractivity contribution in [3.63, 3.8) is 0 Å². The molecular weight excluding hydrogens is 330 g/mol. The summed E-state index contributed by atoms with van der Waals surface area (Å²) in [4.78, 5) is 0. The highest BCUT2D eigenvalue weighted by Crippen LogP contribution is 2.38. The van der Waals surface area contributed by atoms with E-state index in [1.165, 1.54) is 21.2 Å². The first kappa shape index (κ1) is 13.8. The average molecular weight is 346 g/mol. The SMILES string of the molecule is CC(c1ccccc1)C(N)c1csc2c(Br)cccc12. The van der Waals surface area contributed by atoms with Crippen LogP contribution in [0.2, 0.25) is 0 Å². The summed E-state index contributed by atoms with van der Waals surface area (Å²) in [7, 11) is 0. The molecule has 1 nitrogen and oxygen atoms in total. The number of hydrogen-bond donors (Lipinski definition) is 1. The predicted octanol–water partition coefficient (Wildman–Crippen LogP) is 5.47. The highest BCUT2D eigenvalue weighted by atomic mass is 79.9. The minimum atomic E-state index is 0.0143. The van der Waals surface area contributed by atoms with Crippen molar-refractivity contribution in [1.82, 2.24) is 0 Å². The predicted molar refractivity (Wildman–Crippen MR) is 91.3 cm³/mol. The van der Waals surface area contributed by atoms with Crippen LogP contribution in [0.25, 0.3) is 10.1 Å². The first-order chi connectivity index (χ1) is 9.68. The van der Waals surface area contributed by atoms with Crippen molar-refractivity contribution in [2.24, 2.45) is 5.73 Å². The maximum Gasteiger partial charge on any atom is 0.0488 e. The molecule has 2 aromatic carbocycles. The van der Waals surface area contributed by atoms with Crippen molar-refractivity contribution < 1.29 is 0 Å². The minimum Gasteiger partial charge on any atom is -0.323 e. The van der Waals surface area contributed by atoms with Crippen LogP contribution < -0.4 is 5.73 Å². The summed E-state index contributed by atoms with van der Waals surface area (Å²) in [5.74, 6) is 0.299. The van der Waals surface area contributed by atoms with Gasteiger partial charge in [0.2, 0.25) is 0 Å². The highest BCUT2D eigenvalue weighted by molar-refractivity contribution is 9.10. The Morgan fingerprint density at radius 3 is 2.55 bits per heavy atom. The number of halogens is 1. The van der Waals surface area contributed by atoms with E-state index in [9.17, 15) is 0 Å². The standard InChI is InChI=1S/C17H16BrNS/c1-11(12-6-3-2-4-7-12)16(19)14-10-20-17-13(14)8-5-9-15(17)18/h2-11,16H,19H2,1H3. The number of fused-ring (bicyclic) bond motifs is 1. The van der Waals surface area contributed by atoms with E-state index in [-0.39, 0.29) is 6.04 Å². The van der Waals surface area contributed by atoms with Gasteiger partial charge in [0.1, 0.15) is 0 Å². The van der Waals surface area contributed by atoms with Crippen LogP contribution in [0.15, 0.2) is 58.4 Å². The molecule has 0 aliphatic heterocycles. The molecule has 0 aliphatic carbocycles. The van der Waals surface area contributed by atoms with Crippen molar-refractivity contribution in [2.45, 2.75) is 18.9 Å². The zero-order valence-corrected chi connectivity index (χ0v) is 13.6. The molecular formula is C17H16BrNS. The van der Waals surface area contributed by atoms with Crippen LogP contribution in [0.3, 0.4) is 0 Å². The highest BCUT2D eigenvalue weighted by Gasteiger charge is 2.20. The van der Waals surface area contributed by atoms with Crippen molar-refractivity contribution in [1.29, 1.82) is 0 Å². The van der Waals surface area contributed by atoms with Gasteiger partial charge in [0.15, 0.2) is 0 Å². The van der Waals surface area contributed by atoms with E-state index >= 15 is 0 Å². The van der Waals surface area contributed by atoms with Gasteiger partial charge in [-0.05, 0) is 43.9 Å². The lowest BCUT2D eigenvalue weighted by Crippen LogP contribution is -2.17. The summed E-state index contributed by atoms with van der Waals surface area (Å²) in [5, 5.41) is 3.46. The molecule has 102 valence electrons. The third-order valence-corrected chi connectivity index (χ3v) is 5.78. The van der Waals surface area contributed by atoms with E-state index in [1.54, 1.807) is 11.3 Å². The first-order valence-electron chi connectivity index (χ1n) is 6.64. The van der Waals surface area contributed by atoms with Crippen LogP contribution in [-0.2, 0) is 0 Å². The fourth-order valence-electron chi connectivity index (χ4n) is 2.53. The molecule has 3 rings (SSSR count). The number of rotatable bonds is 3. The number of benzene rings is 2. The van der Waals surface area contributed by atoms with E-state index in [0.717, 1.165) is 4.47 Å². The van der Waals surface area contributed by atoms with Crippen LogP contribution in [0.4, 0.5) is 0 Å². The van der Waals surface area contributed by atoms with E-state index < -0.39 is 0 Å². The number of thiophene rings is 1. The normalized spacial score (nSPS) is 14.3. The van der Waals surface area contributed by atoms with Crippen molar-refractivity contribution >= 4 is 37.4 Å². The van der Waals surface area contributed by atoms with E-state index in [0.29, 0.717) is 5.92 Å². The maximum absolute atomic E-state index is 6.52. The van der Waals surface area contributed by atoms with E-state index in [2.05, 4.69) is 70.7 Å². The van der Waals surface area contributed by atoms with Gasteiger partial charge in [-0.25, -0.2) is 0 Å². The molecule has 1 heterocycles. The summed E-state index contributed by atoms with van der Waals surface area (Å²) in [6, 6.07) is 16.8. The molecule has 2 atom stereocenters. The van der Waals surface area contributed by atoms with Gasteiger partial charge in [0, 0.05) is 21.1 Å². The lowest BCUT2D eigenvalue weighted by atomic mass is 9.89. The molecule has 0 fully saturated rings. The second-order valence-electron chi connectivity index (χ2n) is 5.03. The van der Waals surface area contributed by atoms with Gasteiger partial charge < -0.3 is 5.73 Å². The van der Waals surface area contributed by atoms with Crippen LogP contribution in [0.1, 0.15) is 30.0 Å². The van der Waals surface area contributed by atoms with Gasteiger partial charge >= 0.3 is 0 Å². The molecule has 0 saturated heterocycles. The van der Waals surface area contributed by atoms with Gasteiger partial charge in [-0.3, -0.25) is 0 Å². The molecule has 3 aromatic rings. The summed E-state index contributed by atoms with van der Waals surface area (Å²) in [6.07, 6.45) is 0. The minimum absolute atomic E-state index is 0.0143. The molecule has 1 aromatic heterocycles. The topological polar surface area (TPSA) is 26.0 Å².